The average Bonchev–Trinajstić information content (AvgIpc) is 2.87. The van der Waals surface area contributed by atoms with Crippen LogP contribution in [0.5, 0.6) is 0 Å². The topological polar surface area (TPSA) is 66.5 Å². The average molecular weight is 382 g/mol. The molecule has 2 aromatic carbocycles. The van der Waals surface area contributed by atoms with Crippen LogP contribution in [0.15, 0.2) is 42.5 Å². The summed E-state index contributed by atoms with van der Waals surface area (Å²) in [6, 6.07) is 13.5. The van der Waals surface area contributed by atoms with E-state index in [4.69, 9.17) is 0 Å². The van der Waals surface area contributed by atoms with Crippen LogP contribution in [-0.2, 0) is 10.5 Å². The van der Waals surface area contributed by atoms with E-state index in [1.54, 1.807) is 30.0 Å². The first kappa shape index (κ1) is 19.2. The van der Waals surface area contributed by atoms with Gasteiger partial charge in [0.1, 0.15) is 6.54 Å². The van der Waals surface area contributed by atoms with E-state index in [-0.39, 0.29) is 12.5 Å². The molecule has 27 heavy (non-hydrogen) atoms. The Morgan fingerprint density at radius 1 is 0.963 bits per heavy atom. The highest BCUT2D eigenvalue weighted by atomic mass is 32.2. The smallest absolute Gasteiger partial charge is 0.262 e. The zero-order chi connectivity index (χ0) is 19.4. The van der Waals surface area contributed by atoms with Gasteiger partial charge in [-0.05, 0) is 31.5 Å². The third kappa shape index (κ3) is 4.57. The maximum absolute atomic E-state index is 12.4. The number of imide groups is 1. The van der Waals surface area contributed by atoms with Gasteiger partial charge in [-0.1, -0.05) is 41.5 Å². The second kappa shape index (κ2) is 8.39. The Bertz CT molecular complexity index is 877. The molecular weight excluding hydrogens is 360 g/mol. The van der Waals surface area contributed by atoms with Crippen molar-refractivity contribution >= 4 is 29.5 Å². The Kier molecular flexibility index (Phi) is 5.96. The molecule has 2 aromatic rings. The minimum absolute atomic E-state index is 0.242. The van der Waals surface area contributed by atoms with E-state index in [1.807, 2.05) is 6.92 Å². The van der Waals surface area contributed by atoms with Gasteiger partial charge in [-0.15, -0.1) is 0 Å². The predicted octanol–water partition coefficient (Wildman–Crippen LogP) is 2.95. The fraction of sp³-hybridized carbons (Fsp3) is 0.286. The maximum atomic E-state index is 12.4. The standard InChI is InChI=1S/C21H22N2O3S/c1-14-3-6-16(7-4-14)13-27-10-9-22-19(24)12-23-20(25)17-8-5-15(2)11-18(17)21(23)26/h3-8,11H,9-10,12-13H2,1-2H3,(H,22,24). The molecule has 1 heterocycles. The van der Waals surface area contributed by atoms with Crippen LogP contribution in [0.2, 0.25) is 0 Å². The molecule has 0 bridgehead atoms. The molecule has 0 aromatic heterocycles. The summed E-state index contributed by atoms with van der Waals surface area (Å²) in [5.41, 5.74) is 4.14. The molecule has 3 amide bonds. The molecule has 0 atom stereocenters. The van der Waals surface area contributed by atoms with Crippen LogP contribution in [0.25, 0.3) is 0 Å². The Morgan fingerprint density at radius 3 is 2.37 bits per heavy atom. The summed E-state index contributed by atoms with van der Waals surface area (Å²) in [6.45, 7) is 4.18. The summed E-state index contributed by atoms with van der Waals surface area (Å²) < 4.78 is 0. The number of benzene rings is 2. The minimum atomic E-state index is -0.404. The van der Waals surface area contributed by atoms with Crippen LogP contribution in [0.3, 0.4) is 0 Å². The molecule has 1 aliphatic heterocycles. The van der Waals surface area contributed by atoms with Crippen molar-refractivity contribution in [2.24, 2.45) is 0 Å². The van der Waals surface area contributed by atoms with Gasteiger partial charge in [0.25, 0.3) is 11.8 Å². The van der Waals surface area contributed by atoms with Crippen LogP contribution in [0, 0.1) is 13.8 Å². The van der Waals surface area contributed by atoms with E-state index >= 15 is 0 Å². The van der Waals surface area contributed by atoms with Gasteiger partial charge in [0.05, 0.1) is 11.1 Å². The number of hydrogen-bond acceptors (Lipinski definition) is 4. The number of aryl methyl sites for hydroxylation is 2. The predicted molar refractivity (Wildman–Crippen MR) is 107 cm³/mol. The van der Waals surface area contributed by atoms with Crippen molar-refractivity contribution in [3.8, 4) is 0 Å². The number of hydrogen-bond donors (Lipinski definition) is 1. The number of thioether (sulfide) groups is 1. The van der Waals surface area contributed by atoms with Crippen molar-refractivity contribution in [1.29, 1.82) is 0 Å². The molecule has 0 fully saturated rings. The monoisotopic (exact) mass is 382 g/mol. The summed E-state index contributed by atoms with van der Waals surface area (Å²) >= 11 is 1.73. The molecule has 0 saturated carbocycles. The summed E-state index contributed by atoms with van der Waals surface area (Å²) in [7, 11) is 0. The van der Waals surface area contributed by atoms with Crippen LogP contribution in [0.1, 0.15) is 37.4 Å². The van der Waals surface area contributed by atoms with Gasteiger partial charge in [-0.3, -0.25) is 19.3 Å². The Hall–Kier alpha value is -2.60. The highest BCUT2D eigenvalue weighted by Crippen LogP contribution is 2.23. The SMILES string of the molecule is Cc1ccc(CSCCNC(=O)CN2C(=O)c3ccc(C)cc3C2=O)cc1. The molecule has 5 nitrogen and oxygen atoms in total. The Morgan fingerprint density at radius 2 is 1.63 bits per heavy atom. The first-order chi connectivity index (χ1) is 13.0. The summed E-state index contributed by atoms with van der Waals surface area (Å²) in [4.78, 5) is 37.8. The van der Waals surface area contributed by atoms with Gasteiger partial charge in [-0.25, -0.2) is 0 Å². The molecule has 6 heteroatoms. The van der Waals surface area contributed by atoms with Crippen molar-refractivity contribution < 1.29 is 14.4 Å². The maximum Gasteiger partial charge on any atom is 0.262 e. The highest BCUT2D eigenvalue weighted by molar-refractivity contribution is 7.98. The lowest BCUT2D eigenvalue weighted by atomic mass is 10.1. The van der Waals surface area contributed by atoms with Gasteiger partial charge >= 0.3 is 0 Å². The van der Waals surface area contributed by atoms with E-state index < -0.39 is 11.8 Å². The molecule has 1 aliphatic rings. The lowest BCUT2D eigenvalue weighted by Gasteiger charge is -2.13. The third-order valence-corrected chi connectivity index (χ3v) is 5.42. The zero-order valence-corrected chi connectivity index (χ0v) is 16.3. The molecule has 140 valence electrons. The summed E-state index contributed by atoms with van der Waals surface area (Å²) in [6.07, 6.45) is 0. The summed E-state index contributed by atoms with van der Waals surface area (Å²) in [5, 5.41) is 2.78. The number of nitrogens with zero attached hydrogens (tertiary/aromatic N) is 1. The number of nitrogens with one attached hydrogen (secondary N) is 1. The zero-order valence-electron chi connectivity index (χ0n) is 15.5. The second-order valence-electron chi connectivity index (χ2n) is 6.63. The molecule has 1 N–H and O–H groups in total. The van der Waals surface area contributed by atoms with Crippen molar-refractivity contribution in [2.75, 3.05) is 18.8 Å². The fourth-order valence-electron chi connectivity index (χ4n) is 2.88. The van der Waals surface area contributed by atoms with E-state index in [9.17, 15) is 14.4 Å². The van der Waals surface area contributed by atoms with E-state index in [2.05, 4.69) is 36.5 Å². The van der Waals surface area contributed by atoms with Gasteiger partial charge in [0.15, 0.2) is 0 Å². The lowest BCUT2D eigenvalue weighted by Crippen LogP contribution is -2.40. The third-order valence-electron chi connectivity index (χ3n) is 4.39. The molecule has 0 aliphatic carbocycles. The van der Waals surface area contributed by atoms with Gasteiger partial charge in [-0.2, -0.15) is 11.8 Å². The van der Waals surface area contributed by atoms with Crippen LogP contribution in [0.4, 0.5) is 0 Å². The second-order valence-corrected chi connectivity index (χ2v) is 7.74. The van der Waals surface area contributed by atoms with E-state index in [0.29, 0.717) is 17.7 Å². The molecule has 0 unspecified atom stereocenters. The van der Waals surface area contributed by atoms with Gasteiger partial charge < -0.3 is 5.32 Å². The number of amides is 3. The first-order valence-electron chi connectivity index (χ1n) is 8.82. The largest absolute Gasteiger partial charge is 0.354 e. The van der Waals surface area contributed by atoms with Crippen LogP contribution in [-0.4, -0.2) is 41.5 Å². The van der Waals surface area contributed by atoms with Crippen LogP contribution >= 0.6 is 11.8 Å². The fourth-order valence-corrected chi connectivity index (χ4v) is 3.70. The van der Waals surface area contributed by atoms with Crippen LogP contribution < -0.4 is 5.32 Å². The molecular formula is C21H22N2O3S. The number of carbonyl (C=O) groups is 3. The van der Waals surface area contributed by atoms with Gasteiger partial charge in [0, 0.05) is 18.1 Å². The first-order valence-corrected chi connectivity index (χ1v) is 9.98. The Balaban J connectivity index is 1.43. The number of carbonyl (C=O) groups excluding carboxylic acids is 3. The minimum Gasteiger partial charge on any atom is -0.354 e. The molecule has 0 radical (unpaired) electrons. The van der Waals surface area contributed by atoms with Crippen molar-refractivity contribution in [3.63, 3.8) is 0 Å². The van der Waals surface area contributed by atoms with Gasteiger partial charge in [0.2, 0.25) is 5.91 Å². The number of fused-ring (bicyclic) bond motifs is 1. The summed E-state index contributed by atoms with van der Waals surface area (Å²) in [5.74, 6) is 0.521. The Labute approximate surface area is 163 Å². The quantitative estimate of drug-likeness (QED) is 0.591. The van der Waals surface area contributed by atoms with E-state index in [1.165, 1.54) is 11.1 Å². The molecule has 3 rings (SSSR count). The highest BCUT2D eigenvalue weighted by Gasteiger charge is 2.36. The van der Waals surface area contributed by atoms with Crippen molar-refractivity contribution in [1.82, 2.24) is 10.2 Å². The normalized spacial score (nSPS) is 13.0. The van der Waals surface area contributed by atoms with Crippen molar-refractivity contribution in [2.45, 2.75) is 19.6 Å². The van der Waals surface area contributed by atoms with Crippen molar-refractivity contribution in [3.05, 3.63) is 70.3 Å². The molecule has 0 spiro atoms. The van der Waals surface area contributed by atoms with E-state index in [0.717, 1.165) is 22.0 Å². The molecule has 0 saturated heterocycles. The number of rotatable bonds is 7. The lowest BCUT2D eigenvalue weighted by molar-refractivity contribution is -0.121.